The molecular weight excluding hydrogens is 220 g/mol. The van der Waals surface area contributed by atoms with Crippen LogP contribution >= 0.6 is 0 Å². The van der Waals surface area contributed by atoms with Crippen LogP contribution in [0.25, 0.3) is 0 Å². The molecule has 0 saturated carbocycles. The highest BCUT2D eigenvalue weighted by Gasteiger charge is 2.24. The molecule has 17 heavy (non-hydrogen) atoms. The molecule has 0 saturated heterocycles. The smallest absolute Gasteiger partial charge is 0.326 e. The fourth-order valence-electron chi connectivity index (χ4n) is 1.59. The molecule has 0 aliphatic carbocycles. The van der Waals surface area contributed by atoms with Gasteiger partial charge in [0.15, 0.2) is 0 Å². The molecule has 1 heterocycles. The third-order valence-electron chi connectivity index (χ3n) is 2.61. The molecule has 1 unspecified atom stereocenters. The first kappa shape index (κ1) is 13.2. The van der Waals surface area contributed by atoms with Crippen LogP contribution in [0.5, 0.6) is 0 Å². The van der Waals surface area contributed by atoms with E-state index >= 15 is 0 Å². The fraction of sp³-hybridized carbons (Fsp3) is 0.417. The monoisotopic (exact) mass is 236 g/mol. The van der Waals surface area contributed by atoms with Crippen LogP contribution in [0.1, 0.15) is 18.9 Å². The van der Waals surface area contributed by atoms with Crippen LogP contribution in [0.4, 0.5) is 0 Å². The van der Waals surface area contributed by atoms with Crippen LogP contribution in [0.15, 0.2) is 24.5 Å². The molecule has 1 amide bonds. The van der Waals surface area contributed by atoms with E-state index in [-0.39, 0.29) is 12.3 Å². The minimum absolute atomic E-state index is 0.175. The van der Waals surface area contributed by atoms with Crippen molar-refractivity contribution in [2.75, 3.05) is 7.05 Å². The number of hydrogen-bond donors (Lipinski definition) is 1. The van der Waals surface area contributed by atoms with Crippen molar-refractivity contribution in [3.8, 4) is 0 Å². The molecule has 0 aliphatic rings. The van der Waals surface area contributed by atoms with E-state index in [4.69, 9.17) is 5.11 Å². The van der Waals surface area contributed by atoms with Gasteiger partial charge in [-0.2, -0.15) is 0 Å². The molecule has 1 rings (SSSR count). The summed E-state index contributed by atoms with van der Waals surface area (Å²) in [5.41, 5.74) is 0.782. The summed E-state index contributed by atoms with van der Waals surface area (Å²) in [6.07, 6.45) is 3.80. The first-order valence-electron chi connectivity index (χ1n) is 5.43. The largest absolute Gasteiger partial charge is 0.480 e. The molecule has 1 aromatic rings. The summed E-state index contributed by atoms with van der Waals surface area (Å²) in [6, 6.07) is 2.77. The molecule has 1 aromatic heterocycles. The molecule has 0 radical (unpaired) electrons. The number of nitrogens with zero attached hydrogens (tertiary/aromatic N) is 2. The second kappa shape index (κ2) is 5.98. The molecule has 0 aliphatic heterocycles. The van der Waals surface area contributed by atoms with Gasteiger partial charge in [0.1, 0.15) is 6.04 Å². The number of carbonyl (C=O) groups excluding carboxylic acids is 1. The van der Waals surface area contributed by atoms with Gasteiger partial charge in [-0.25, -0.2) is 4.79 Å². The molecule has 92 valence electrons. The normalized spacial score (nSPS) is 11.9. The second-order valence-electron chi connectivity index (χ2n) is 3.80. The molecule has 5 heteroatoms. The van der Waals surface area contributed by atoms with Crippen LogP contribution in [0.3, 0.4) is 0 Å². The minimum Gasteiger partial charge on any atom is -0.480 e. The predicted octanol–water partition coefficient (Wildman–Crippen LogP) is 0.946. The summed E-state index contributed by atoms with van der Waals surface area (Å²) in [6.45, 7) is 1.74. The third kappa shape index (κ3) is 3.55. The zero-order chi connectivity index (χ0) is 12.8. The van der Waals surface area contributed by atoms with Crippen molar-refractivity contribution in [2.24, 2.45) is 0 Å². The van der Waals surface area contributed by atoms with Crippen LogP contribution in [0, 0.1) is 0 Å². The van der Waals surface area contributed by atoms with E-state index in [1.807, 2.05) is 0 Å². The second-order valence-corrected chi connectivity index (χ2v) is 3.80. The average Bonchev–Trinajstić information content (AvgIpc) is 2.30. The van der Waals surface area contributed by atoms with Crippen molar-refractivity contribution in [2.45, 2.75) is 25.8 Å². The van der Waals surface area contributed by atoms with Crippen molar-refractivity contribution < 1.29 is 14.7 Å². The zero-order valence-corrected chi connectivity index (χ0v) is 9.96. The van der Waals surface area contributed by atoms with Gasteiger partial charge in [0, 0.05) is 19.4 Å². The van der Waals surface area contributed by atoms with E-state index in [1.54, 1.807) is 31.5 Å². The Balaban J connectivity index is 2.67. The predicted molar refractivity (Wildman–Crippen MR) is 62.4 cm³/mol. The Morgan fingerprint density at radius 1 is 1.53 bits per heavy atom. The quantitative estimate of drug-likeness (QED) is 0.826. The molecule has 0 bridgehead atoms. The lowest BCUT2D eigenvalue weighted by Crippen LogP contribution is -2.42. The number of carboxylic acids is 1. The molecule has 5 nitrogen and oxygen atoms in total. The maximum absolute atomic E-state index is 11.9. The number of carboxylic acid groups (broad SMARTS) is 1. The highest BCUT2D eigenvalue weighted by atomic mass is 16.4. The van der Waals surface area contributed by atoms with Gasteiger partial charge in [-0.15, -0.1) is 0 Å². The summed E-state index contributed by atoms with van der Waals surface area (Å²) >= 11 is 0. The summed E-state index contributed by atoms with van der Waals surface area (Å²) in [7, 11) is 1.51. The van der Waals surface area contributed by atoms with Gasteiger partial charge in [0.05, 0.1) is 6.42 Å². The van der Waals surface area contributed by atoms with Crippen molar-refractivity contribution in [3.63, 3.8) is 0 Å². The van der Waals surface area contributed by atoms with Crippen molar-refractivity contribution in [1.29, 1.82) is 0 Å². The van der Waals surface area contributed by atoms with Gasteiger partial charge < -0.3 is 10.0 Å². The molecule has 1 N–H and O–H groups in total. The Kier molecular flexibility index (Phi) is 4.63. The number of carbonyl (C=O) groups is 2. The summed E-state index contributed by atoms with van der Waals surface area (Å²) in [5.74, 6) is -1.19. The standard InChI is InChI=1S/C12H16N2O3/c1-3-10(12(16)17)14(2)11(15)7-9-5-4-6-13-8-9/h4-6,8,10H,3,7H2,1-2H3,(H,16,17). The number of aliphatic carboxylic acids is 1. The van der Waals surface area contributed by atoms with Gasteiger partial charge in [-0.3, -0.25) is 9.78 Å². The maximum atomic E-state index is 11.9. The van der Waals surface area contributed by atoms with Gasteiger partial charge in [0.2, 0.25) is 5.91 Å². The maximum Gasteiger partial charge on any atom is 0.326 e. The topological polar surface area (TPSA) is 70.5 Å². The lowest BCUT2D eigenvalue weighted by molar-refractivity contribution is -0.148. The van der Waals surface area contributed by atoms with Crippen LogP contribution in [0.2, 0.25) is 0 Å². The van der Waals surface area contributed by atoms with E-state index in [0.29, 0.717) is 6.42 Å². The minimum atomic E-state index is -0.977. The average molecular weight is 236 g/mol. The lowest BCUT2D eigenvalue weighted by atomic mass is 10.1. The fourth-order valence-corrected chi connectivity index (χ4v) is 1.59. The molecule has 1 atom stereocenters. The highest BCUT2D eigenvalue weighted by Crippen LogP contribution is 2.06. The van der Waals surface area contributed by atoms with Gasteiger partial charge in [-0.1, -0.05) is 13.0 Å². The molecule has 0 spiro atoms. The van der Waals surface area contributed by atoms with E-state index in [9.17, 15) is 9.59 Å². The highest BCUT2D eigenvalue weighted by molar-refractivity contribution is 5.84. The Hall–Kier alpha value is -1.91. The van der Waals surface area contributed by atoms with Crippen LogP contribution in [-0.4, -0.2) is 40.0 Å². The number of likely N-dealkylation sites (N-methyl/N-ethyl adjacent to an activating group) is 1. The third-order valence-corrected chi connectivity index (χ3v) is 2.61. The molecule has 0 fully saturated rings. The number of pyridine rings is 1. The Morgan fingerprint density at radius 2 is 2.24 bits per heavy atom. The van der Waals surface area contributed by atoms with E-state index in [1.165, 1.54) is 11.9 Å². The Bertz CT molecular complexity index is 392. The Morgan fingerprint density at radius 3 is 2.71 bits per heavy atom. The lowest BCUT2D eigenvalue weighted by Gasteiger charge is -2.23. The number of hydrogen-bond acceptors (Lipinski definition) is 3. The zero-order valence-electron chi connectivity index (χ0n) is 9.96. The van der Waals surface area contributed by atoms with Crippen LogP contribution < -0.4 is 0 Å². The number of amides is 1. The Labute approximate surface area is 100 Å². The van der Waals surface area contributed by atoms with E-state index in [2.05, 4.69) is 4.98 Å². The van der Waals surface area contributed by atoms with Gasteiger partial charge in [0.25, 0.3) is 0 Å². The number of aromatic nitrogens is 1. The van der Waals surface area contributed by atoms with Crippen LogP contribution in [-0.2, 0) is 16.0 Å². The van der Waals surface area contributed by atoms with Gasteiger partial charge >= 0.3 is 5.97 Å². The molecule has 0 aromatic carbocycles. The first-order chi connectivity index (χ1) is 8.06. The molecular formula is C12H16N2O3. The van der Waals surface area contributed by atoms with Crippen molar-refractivity contribution in [1.82, 2.24) is 9.88 Å². The summed E-state index contributed by atoms with van der Waals surface area (Å²) in [5, 5.41) is 8.95. The van der Waals surface area contributed by atoms with Crippen molar-refractivity contribution in [3.05, 3.63) is 30.1 Å². The van der Waals surface area contributed by atoms with E-state index in [0.717, 1.165) is 5.56 Å². The van der Waals surface area contributed by atoms with Gasteiger partial charge in [-0.05, 0) is 18.1 Å². The van der Waals surface area contributed by atoms with E-state index < -0.39 is 12.0 Å². The van der Waals surface area contributed by atoms with Crippen molar-refractivity contribution >= 4 is 11.9 Å². The summed E-state index contributed by atoms with van der Waals surface area (Å²) in [4.78, 5) is 28.0. The summed E-state index contributed by atoms with van der Waals surface area (Å²) < 4.78 is 0. The number of rotatable bonds is 5. The first-order valence-corrected chi connectivity index (χ1v) is 5.43. The SMILES string of the molecule is CCC(C(=O)O)N(C)C(=O)Cc1cccnc1.